The number of carbonyl (C=O) groups is 2. The average molecular weight is 413 g/mol. The Hall–Kier alpha value is -3.62. The van der Waals surface area contributed by atoms with Crippen LogP contribution in [-0.2, 0) is 0 Å². The van der Waals surface area contributed by atoms with Crippen molar-refractivity contribution in [3.63, 3.8) is 0 Å². The van der Waals surface area contributed by atoms with Gasteiger partial charge in [0.2, 0.25) is 0 Å². The first kappa shape index (κ1) is 22.7. The fraction of sp³-hybridized carbons (Fsp3) is 0.333. The summed E-state index contributed by atoms with van der Waals surface area (Å²) in [6.07, 6.45) is 2.50. The molecule has 160 valence electrons. The van der Waals surface area contributed by atoms with Crippen LogP contribution in [0.1, 0.15) is 26.2 Å². The second-order valence-electron chi connectivity index (χ2n) is 6.61. The number of anilines is 2. The molecule has 0 radical (unpaired) electrons. The van der Waals surface area contributed by atoms with Gasteiger partial charge in [-0.3, -0.25) is 15.0 Å². The van der Waals surface area contributed by atoms with E-state index in [0.717, 1.165) is 12.8 Å². The van der Waals surface area contributed by atoms with Crippen LogP contribution in [0, 0.1) is 10.1 Å². The molecule has 0 saturated heterocycles. The summed E-state index contributed by atoms with van der Waals surface area (Å²) in [5, 5.41) is 19.1. The van der Waals surface area contributed by atoms with Gasteiger partial charge in [0.25, 0.3) is 5.69 Å². The summed E-state index contributed by atoms with van der Waals surface area (Å²) in [5.74, 6) is 0. The number of nitrogens with one attached hydrogen (secondary N) is 3. The van der Waals surface area contributed by atoms with E-state index in [4.69, 9.17) is 0 Å². The van der Waals surface area contributed by atoms with Crippen LogP contribution in [0.4, 0.5) is 26.7 Å². The average Bonchev–Trinajstić information content (AvgIpc) is 2.75. The molecule has 30 heavy (non-hydrogen) atoms. The minimum atomic E-state index is -0.493. The van der Waals surface area contributed by atoms with E-state index < -0.39 is 4.92 Å². The van der Waals surface area contributed by atoms with Crippen molar-refractivity contribution in [3.8, 4) is 0 Å². The Bertz CT molecular complexity index is 827. The maximum absolute atomic E-state index is 12.8. The SMILES string of the molecule is CCCCNC(=O)NCCCN(C(=O)Nc1ccc([N+](=O)[O-])cc1)c1ccccc1. The van der Waals surface area contributed by atoms with Crippen LogP contribution < -0.4 is 20.9 Å². The van der Waals surface area contributed by atoms with Gasteiger partial charge in [-0.05, 0) is 37.1 Å². The molecule has 9 heteroatoms. The second-order valence-corrected chi connectivity index (χ2v) is 6.61. The summed E-state index contributed by atoms with van der Waals surface area (Å²) < 4.78 is 0. The molecular formula is C21H27N5O4. The van der Waals surface area contributed by atoms with Crippen LogP contribution in [0.15, 0.2) is 54.6 Å². The lowest BCUT2D eigenvalue weighted by atomic mass is 10.2. The number of carbonyl (C=O) groups excluding carboxylic acids is 2. The monoisotopic (exact) mass is 413 g/mol. The van der Waals surface area contributed by atoms with Crippen LogP contribution in [0.5, 0.6) is 0 Å². The minimum absolute atomic E-state index is 0.0452. The molecule has 0 heterocycles. The third kappa shape index (κ3) is 7.42. The van der Waals surface area contributed by atoms with E-state index in [9.17, 15) is 19.7 Å². The van der Waals surface area contributed by atoms with Crippen molar-refractivity contribution in [2.75, 3.05) is 29.9 Å². The summed E-state index contributed by atoms with van der Waals surface area (Å²) >= 11 is 0. The van der Waals surface area contributed by atoms with Crippen LogP contribution in [-0.4, -0.2) is 36.6 Å². The van der Waals surface area contributed by atoms with Gasteiger partial charge in [0.1, 0.15) is 0 Å². The first-order valence-corrected chi connectivity index (χ1v) is 9.91. The Labute approximate surface area is 175 Å². The molecule has 3 N–H and O–H groups in total. The molecule has 0 aliphatic heterocycles. The highest BCUT2D eigenvalue weighted by atomic mass is 16.6. The summed E-state index contributed by atoms with van der Waals surface area (Å²) in [6, 6.07) is 14.2. The number of hydrogen-bond acceptors (Lipinski definition) is 4. The first-order valence-electron chi connectivity index (χ1n) is 9.91. The van der Waals surface area contributed by atoms with Gasteiger partial charge in [0, 0.05) is 43.1 Å². The zero-order valence-corrected chi connectivity index (χ0v) is 17.0. The fourth-order valence-corrected chi connectivity index (χ4v) is 2.69. The summed E-state index contributed by atoms with van der Waals surface area (Å²) in [4.78, 5) is 36.4. The Balaban J connectivity index is 1.93. The summed E-state index contributed by atoms with van der Waals surface area (Å²) in [5.41, 5.74) is 1.13. The Morgan fingerprint density at radius 1 is 0.967 bits per heavy atom. The molecule has 0 bridgehead atoms. The molecule has 2 aromatic rings. The summed E-state index contributed by atoms with van der Waals surface area (Å²) in [7, 11) is 0. The Morgan fingerprint density at radius 3 is 2.20 bits per heavy atom. The van der Waals surface area contributed by atoms with Crippen molar-refractivity contribution in [2.24, 2.45) is 0 Å². The van der Waals surface area contributed by atoms with Crippen LogP contribution >= 0.6 is 0 Å². The number of unbranched alkanes of at least 4 members (excludes halogenated alkanes) is 1. The van der Waals surface area contributed by atoms with Gasteiger partial charge >= 0.3 is 12.1 Å². The molecule has 0 saturated carbocycles. The number of amides is 4. The number of nitro benzene ring substituents is 1. The fourth-order valence-electron chi connectivity index (χ4n) is 2.69. The lowest BCUT2D eigenvalue weighted by molar-refractivity contribution is -0.384. The third-order valence-corrected chi connectivity index (χ3v) is 4.30. The molecule has 0 aliphatic carbocycles. The maximum atomic E-state index is 12.8. The number of non-ortho nitro benzene ring substituents is 1. The largest absolute Gasteiger partial charge is 0.338 e. The lowest BCUT2D eigenvalue weighted by Gasteiger charge is -2.23. The standard InChI is InChI=1S/C21H27N5O4/c1-2-3-14-22-20(27)23-15-7-16-25(18-8-5-4-6-9-18)21(28)24-17-10-12-19(13-11-17)26(29)30/h4-6,8-13H,2-3,7,14-16H2,1H3,(H,24,28)(H2,22,23,27). The van der Waals surface area contributed by atoms with Crippen LogP contribution in [0.25, 0.3) is 0 Å². The highest BCUT2D eigenvalue weighted by Gasteiger charge is 2.16. The van der Waals surface area contributed by atoms with Crippen molar-refractivity contribution in [3.05, 3.63) is 64.7 Å². The molecule has 0 unspecified atom stereocenters. The molecular weight excluding hydrogens is 386 g/mol. The molecule has 2 rings (SSSR count). The number of para-hydroxylation sites is 1. The quantitative estimate of drug-likeness (QED) is 0.308. The Kier molecular flexibility index (Phi) is 9.11. The number of hydrogen-bond donors (Lipinski definition) is 3. The molecule has 9 nitrogen and oxygen atoms in total. The zero-order chi connectivity index (χ0) is 21.8. The van der Waals surface area contributed by atoms with Crippen molar-refractivity contribution in [2.45, 2.75) is 26.2 Å². The Morgan fingerprint density at radius 2 is 1.60 bits per heavy atom. The smallest absolute Gasteiger partial charge is 0.326 e. The van der Waals surface area contributed by atoms with Crippen molar-refractivity contribution in [1.29, 1.82) is 0 Å². The van der Waals surface area contributed by atoms with Gasteiger partial charge in [-0.25, -0.2) is 9.59 Å². The van der Waals surface area contributed by atoms with Crippen LogP contribution in [0.3, 0.4) is 0 Å². The highest BCUT2D eigenvalue weighted by molar-refractivity contribution is 6.01. The van der Waals surface area contributed by atoms with Crippen LogP contribution in [0.2, 0.25) is 0 Å². The number of urea groups is 2. The molecule has 0 atom stereocenters. The van der Waals surface area contributed by atoms with E-state index in [1.54, 1.807) is 4.90 Å². The first-order chi connectivity index (χ1) is 14.5. The number of rotatable bonds is 10. The molecule has 0 aliphatic rings. The molecule has 0 aromatic heterocycles. The van der Waals surface area contributed by atoms with E-state index in [1.807, 2.05) is 30.3 Å². The minimum Gasteiger partial charge on any atom is -0.338 e. The van der Waals surface area contributed by atoms with E-state index in [2.05, 4.69) is 22.9 Å². The second kappa shape index (κ2) is 12.1. The number of nitro groups is 1. The van der Waals surface area contributed by atoms with E-state index in [1.165, 1.54) is 24.3 Å². The predicted octanol–water partition coefficient (Wildman–Crippen LogP) is 4.12. The molecule has 0 fully saturated rings. The van der Waals surface area contributed by atoms with Gasteiger partial charge in [-0.15, -0.1) is 0 Å². The van der Waals surface area contributed by atoms with Gasteiger partial charge in [0.15, 0.2) is 0 Å². The normalized spacial score (nSPS) is 10.2. The van der Waals surface area contributed by atoms with Crippen molar-refractivity contribution in [1.82, 2.24) is 10.6 Å². The number of nitrogens with zero attached hydrogens (tertiary/aromatic N) is 2. The van der Waals surface area contributed by atoms with E-state index in [-0.39, 0.29) is 17.7 Å². The van der Waals surface area contributed by atoms with E-state index >= 15 is 0 Å². The highest BCUT2D eigenvalue weighted by Crippen LogP contribution is 2.18. The number of benzene rings is 2. The third-order valence-electron chi connectivity index (χ3n) is 4.30. The molecule has 4 amide bonds. The molecule has 0 spiro atoms. The van der Waals surface area contributed by atoms with Crippen molar-refractivity contribution >= 4 is 29.1 Å². The predicted molar refractivity (Wildman–Crippen MR) is 117 cm³/mol. The van der Waals surface area contributed by atoms with Crippen molar-refractivity contribution < 1.29 is 14.5 Å². The van der Waals surface area contributed by atoms with Gasteiger partial charge in [-0.2, -0.15) is 0 Å². The van der Waals surface area contributed by atoms with Gasteiger partial charge < -0.3 is 16.0 Å². The topological polar surface area (TPSA) is 117 Å². The lowest BCUT2D eigenvalue weighted by Crippen LogP contribution is -2.39. The summed E-state index contributed by atoms with van der Waals surface area (Å²) in [6.45, 7) is 3.50. The zero-order valence-electron chi connectivity index (χ0n) is 17.0. The van der Waals surface area contributed by atoms with Gasteiger partial charge in [0.05, 0.1) is 4.92 Å². The van der Waals surface area contributed by atoms with E-state index in [0.29, 0.717) is 37.4 Å². The molecule has 2 aromatic carbocycles. The van der Waals surface area contributed by atoms with Gasteiger partial charge in [-0.1, -0.05) is 31.5 Å². The maximum Gasteiger partial charge on any atom is 0.326 e.